The SMILES string of the molecule is Clc1cnc2cc(Cl)c(C(Cl)(Cl)Cl)cc2c1. The van der Waals surface area contributed by atoms with Gasteiger partial charge in [0, 0.05) is 17.1 Å². The molecular formula is C10H4Cl5N. The molecule has 1 nitrogen and oxygen atoms in total. The molecule has 1 aromatic carbocycles. The lowest BCUT2D eigenvalue weighted by atomic mass is 10.1. The van der Waals surface area contributed by atoms with Crippen LogP contribution in [-0.2, 0) is 3.79 Å². The van der Waals surface area contributed by atoms with Crippen molar-refractivity contribution in [2.45, 2.75) is 3.79 Å². The third-order valence-electron chi connectivity index (χ3n) is 2.04. The van der Waals surface area contributed by atoms with E-state index in [1.165, 1.54) is 6.20 Å². The monoisotopic (exact) mass is 313 g/mol. The number of halogens is 5. The number of fused-ring (bicyclic) bond motifs is 1. The molecule has 0 N–H and O–H groups in total. The van der Waals surface area contributed by atoms with E-state index < -0.39 is 3.79 Å². The average Bonchev–Trinajstić information content (AvgIpc) is 2.16. The predicted molar refractivity (Wildman–Crippen MR) is 71.0 cm³/mol. The van der Waals surface area contributed by atoms with Gasteiger partial charge in [-0.15, -0.1) is 0 Å². The Morgan fingerprint density at radius 2 is 1.69 bits per heavy atom. The molecule has 0 fully saturated rings. The van der Waals surface area contributed by atoms with Crippen LogP contribution in [-0.4, -0.2) is 4.98 Å². The van der Waals surface area contributed by atoms with Gasteiger partial charge in [0.2, 0.25) is 3.79 Å². The van der Waals surface area contributed by atoms with E-state index in [1.54, 1.807) is 18.2 Å². The summed E-state index contributed by atoms with van der Waals surface area (Å²) in [6.45, 7) is 0. The number of benzene rings is 1. The minimum atomic E-state index is -1.56. The Balaban J connectivity index is 2.74. The normalized spacial score (nSPS) is 12.1. The molecule has 1 aromatic heterocycles. The fraction of sp³-hybridized carbons (Fsp3) is 0.100. The smallest absolute Gasteiger partial charge is 0.217 e. The standard InChI is InChI=1S/C10H4Cl5N/c11-6-1-5-2-7(10(13,14)15)8(12)3-9(5)16-4-6/h1-4H. The molecule has 2 rings (SSSR count). The van der Waals surface area contributed by atoms with E-state index in [2.05, 4.69) is 4.98 Å². The molecule has 0 spiro atoms. The lowest BCUT2D eigenvalue weighted by Crippen LogP contribution is -2.01. The molecule has 0 aliphatic carbocycles. The van der Waals surface area contributed by atoms with Gasteiger partial charge in [-0.1, -0.05) is 58.0 Å². The van der Waals surface area contributed by atoms with Crippen LogP contribution in [0.5, 0.6) is 0 Å². The number of alkyl halides is 3. The van der Waals surface area contributed by atoms with Crippen LogP contribution >= 0.6 is 58.0 Å². The molecule has 0 saturated heterocycles. The van der Waals surface area contributed by atoms with Crippen molar-refractivity contribution in [3.8, 4) is 0 Å². The van der Waals surface area contributed by atoms with Gasteiger partial charge in [0.25, 0.3) is 0 Å². The lowest BCUT2D eigenvalue weighted by Gasteiger charge is -2.14. The highest BCUT2D eigenvalue weighted by Gasteiger charge is 2.26. The average molecular weight is 315 g/mol. The summed E-state index contributed by atoms with van der Waals surface area (Å²) in [5.74, 6) is 0. The van der Waals surface area contributed by atoms with Crippen molar-refractivity contribution in [1.29, 1.82) is 0 Å². The van der Waals surface area contributed by atoms with Crippen molar-refractivity contribution in [2.75, 3.05) is 0 Å². The molecule has 1 heterocycles. The summed E-state index contributed by atoms with van der Waals surface area (Å²) < 4.78 is -1.56. The van der Waals surface area contributed by atoms with Gasteiger partial charge in [-0.2, -0.15) is 0 Å². The fourth-order valence-corrected chi connectivity index (χ4v) is 2.42. The third kappa shape index (κ3) is 2.49. The minimum absolute atomic E-state index is 0.363. The van der Waals surface area contributed by atoms with Crippen LogP contribution in [0.15, 0.2) is 24.4 Å². The Morgan fingerprint density at radius 3 is 2.31 bits per heavy atom. The van der Waals surface area contributed by atoms with Crippen molar-refractivity contribution in [3.05, 3.63) is 40.0 Å². The summed E-state index contributed by atoms with van der Waals surface area (Å²) >= 11 is 29.2. The molecular weight excluding hydrogens is 311 g/mol. The zero-order valence-corrected chi connectivity index (χ0v) is 11.4. The second-order valence-corrected chi connectivity index (χ2v) is 6.30. The summed E-state index contributed by atoms with van der Waals surface area (Å²) in [4.78, 5) is 4.12. The van der Waals surface area contributed by atoms with Crippen LogP contribution in [0.1, 0.15) is 5.56 Å². The predicted octanol–water partition coefficient (Wildman–Crippen LogP) is 5.37. The Morgan fingerprint density at radius 1 is 1.00 bits per heavy atom. The van der Waals surface area contributed by atoms with Gasteiger partial charge in [0.05, 0.1) is 15.6 Å². The lowest BCUT2D eigenvalue weighted by molar-refractivity contribution is 1.25. The van der Waals surface area contributed by atoms with Crippen LogP contribution < -0.4 is 0 Å². The Bertz CT molecular complexity index is 547. The Labute approximate surface area is 117 Å². The summed E-state index contributed by atoms with van der Waals surface area (Å²) in [6.07, 6.45) is 1.54. The van der Waals surface area contributed by atoms with Gasteiger partial charge < -0.3 is 0 Å². The number of nitrogens with zero attached hydrogens (tertiary/aromatic N) is 1. The summed E-state index contributed by atoms with van der Waals surface area (Å²) in [5, 5.41) is 1.66. The van der Waals surface area contributed by atoms with Crippen molar-refractivity contribution < 1.29 is 0 Å². The van der Waals surface area contributed by atoms with Gasteiger partial charge in [0.15, 0.2) is 0 Å². The van der Waals surface area contributed by atoms with Crippen LogP contribution in [0.25, 0.3) is 10.9 Å². The number of rotatable bonds is 0. The topological polar surface area (TPSA) is 12.9 Å². The van der Waals surface area contributed by atoms with Crippen LogP contribution in [0, 0.1) is 0 Å². The van der Waals surface area contributed by atoms with Gasteiger partial charge in [-0.25, -0.2) is 0 Å². The van der Waals surface area contributed by atoms with Crippen LogP contribution in [0.2, 0.25) is 10.0 Å². The van der Waals surface area contributed by atoms with Crippen LogP contribution in [0.3, 0.4) is 0 Å². The number of aromatic nitrogens is 1. The quantitative estimate of drug-likeness (QED) is 0.596. The first-order chi connectivity index (χ1) is 7.38. The van der Waals surface area contributed by atoms with E-state index in [-0.39, 0.29) is 0 Å². The zero-order valence-electron chi connectivity index (χ0n) is 7.65. The first-order valence-corrected chi connectivity index (χ1v) is 6.09. The highest BCUT2D eigenvalue weighted by molar-refractivity contribution is 6.67. The maximum absolute atomic E-state index is 6.00. The van der Waals surface area contributed by atoms with E-state index in [1.807, 2.05) is 0 Å². The molecule has 2 aromatic rings. The van der Waals surface area contributed by atoms with E-state index in [0.717, 1.165) is 5.39 Å². The molecule has 0 bridgehead atoms. The maximum Gasteiger partial charge on any atom is 0.217 e. The second-order valence-electron chi connectivity index (χ2n) is 3.18. The molecule has 0 amide bonds. The number of hydrogen-bond acceptors (Lipinski definition) is 1. The molecule has 0 radical (unpaired) electrons. The fourth-order valence-electron chi connectivity index (χ4n) is 1.34. The van der Waals surface area contributed by atoms with Gasteiger partial charge in [-0.3, -0.25) is 4.98 Å². The number of pyridine rings is 1. The molecule has 16 heavy (non-hydrogen) atoms. The van der Waals surface area contributed by atoms with E-state index in [9.17, 15) is 0 Å². The van der Waals surface area contributed by atoms with Gasteiger partial charge >= 0.3 is 0 Å². The summed E-state index contributed by atoms with van der Waals surface area (Å²) in [5.41, 5.74) is 1.11. The first kappa shape index (κ1) is 12.5. The molecule has 0 atom stereocenters. The Hall–Kier alpha value is 0.0800. The minimum Gasteiger partial charge on any atom is -0.255 e. The third-order valence-corrected chi connectivity index (χ3v) is 3.17. The van der Waals surface area contributed by atoms with Crippen LogP contribution in [0.4, 0.5) is 0 Å². The maximum atomic E-state index is 6.00. The van der Waals surface area contributed by atoms with E-state index in [0.29, 0.717) is 21.1 Å². The first-order valence-electron chi connectivity index (χ1n) is 4.20. The second kappa shape index (κ2) is 4.40. The Kier molecular flexibility index (Phi) is 3.44. The van der Waals surface area contributed by atoms with Crippen molar-refractivity contribution in [3.63, 3.8) is 0 Å². The van der Waals surface area contributed by atoms with Crippen molar-refractivity contribution in [2.24, 2.45) is 0 Å². The molecule has 84 valence electrons. The van der Waals surface area contributed by atoms with Crippen molar-refractivity contribution in [1.82, 2.24) is 4.98 Å². The molecule has 0 aliphatic heterocycles. The highest BCUT2D eigenvalue weighted by Crippen LogP contribution is 2.43. The van der Waals surface area contributed by atoms with Crippen molar-refractivity contribution >= 4 is 68.9 Å². The van der Waals surface area contributed by atoms with E-state index in [4.69, 9.17) is 58.0 Å². The molecule has 0 saturated carbocycles. The van der Waals surface area contributed by atoms with E-state index >= 15 is 0 Å². The number of hydrogen-bond donors (Lipinski definition) is 0. The molecule has 0 aliphatic rings. The van der Waals surface area contributed by atoms with Gasteiger partial charge in [-0.05, 0) is 18.2 Å². The van der Waals surface area contributed by atoms with Gasteiger partial charge in [0.1, 0.15) is 0 Å². The summed E-state index contributed by atoms with van der Waals surface area (Å²) in [7, 11) is 0. The highest BCUT2D eigenvalue weighted by atomic mass is 35.6. The molecule has 6 heteroatoms. The summed E-state index contributed by atoms with van der Waals surface area (Å²) in [6, 6.07) is 5.05. The zero-order chi connectivity index (χ0) is 11.9. The largest absolute Gasteiger partial charge is 0.255 e. The molecule has 0 unspecified atom stereocenters.